The minimum Gasteiger partial charge on any atom is -0.462 e. The largest absolute Gasteiger partial charge is 0.462 e. The van der Waals surface area contributed by atoms with Crippen molar-refractivity contribution in [3.05, 3.63) is 85.1 Å². The van der Waals surface area contributed by atoms with Crippen LogP contribution < -0.4 is 0 Å². The summed E-state index contributed by atoms with van der Waals surface area (Å²) in [5.41, 5.74) is 0. The van der Waals surface area contributed by atoms with E-state index in [0.29, 0.717) is 19.3 Å². The molecular weight excluding hydrogens is 901 g/mol. The van der Waals surface area contributed by atoms with E-state index in [1.807, 2.05) is 0 Å². The third-order valence-electron chi connectivity index (χ3n) is 13.4. The molecule has 0 aliphatic rings. The Morgan fingerprint density at radius 3 is 0.890 bits per heavy atom. The van der Waals surface area contributed by atoms with Crippen molar-refractivity contribution >= 4 is 17.9 Å². The summed E-state index contributed by atoms with van der Waals surface area (Å²) in [5.74, 6) is -0.934. The van der Waals surface area contributed by atoms with E-state index >= 15 is 0 Å². The molecule has 0 saturated carbocycles. The number of carbonyl (C=O) groups is 3. The molecule has 0 amide bonds. The van der Waals surface area contributed by atoms with Crippen molar-refractivity contribution in [2.24, 2.45) is 0 Å². The summed E-state index contributed by atoms with van der Waals surface area (Å²) >= 11 is 0. The van der Waals surface area contributed by atoms with E-state index in [1.165, 1.54) is 161 Å². The fraction of sp³-hybridized carbons (Fsp3) is 0.746. The van der Waals surface area contributed by atoms with Crippen molar-refractivity contribution in [3.8, 4) is 0 Å². The molecule has 0 aromatic rings. The van der Waals surface area contributed by atoms with Gasteiger partial charge in [0.25, 0.3) is 0 Å². The summed E-state index contributed by atoms with van der Waals surface area (Å²) in [7, 11) is 0. The molecule has 73 heavy (non-hydrogen) atoms. The second-order valence-corrected chi connectivity index (χ2v) is 20.6. The van der Waals surface area contributed by atoms with Crippen molar-refractivity contribution < 1.29 is 28.6 Å². The van der Waals surface area contributed by atoms with E-state index in [-0.39, 0.29) is 31.1 Å². The van der Waals surface area contributed by atoms with Gasteiger partial charge in [0.2, 0.25) is 0 Å². The van der Waals surface area contributed by atoms with Crippen molar-refractivity contribution in [2.75, 3.05) is 13.2 Å². The van der Waals surface area contributed by atoms with Crippen LogP contribution >= 0.6 is 0 Å². The number of ether oxygens (including phenoxy) is 3. The summed E-state index contributed by atoms with van der Waals surface area (Å²) in [6.45, 7) is 6.50. The molecule has 0 rings (SSSR count). The average molecular weight is 1020 g/mol. The predicted molar refractivity (Wildman–Crippen MR) is 316 cm³/mol. The van der Waals surface area contributed by atoms with E-state index < -0.39 is 6.10 Å². The van der Waals surface area contributed by atoms with E-state index in [0.717, 1.165) is 103 Å². The van der Waals surface area contributed by atoms with E-state index in [1.54, 1.807) is 0 Å². The van der Waals surface area contributed by atoms with Crippen LogP contribution in [0.2, 0.25) is 0 Å². The molecule has 0 spiro atoms. The second-order valence-electron chi connectivity index (χ2n) is 20.6. The summed E-state index contributed by atoms with van der Waals surface area (Å²) in [4.78, 5) is 38.2. The molecular formula is C67H116O6. The third kappa shape index (κ3) is 59.3. The highest BCUT2D eigenvalue weighted by Crippen LogP contribution is 2.17. The lowest BCUT2D eigenvalue weighted by Crippen LogP contribution is -2.30. The first kappa shape index (κ1) is 69.6. The van der Waals surface area contributed by atoms with Crippen LogP contribution in [-0.2, 0) is 28.6 Å². The SMILES string of the molecule is CC/C=C\C/C=C\C/C=C\C/C=C\C/C=C\C/C=C\CCCCC(=O)OCC(COC(=O)CCCCCCC/C=C\CCCCCC)OC(=O)CCCCCCCCCCCCCCCCCCCCCCC. The van der Waals surface area contributed by atoms with Gasteiger partial charge in [0.15, 0.2) is 6.10 Å². The van der Waals surface area contributed by atoms with Crippen LogP contribution in [0.3, 0.4) is 0 Å². The fourth-order valence-electron chi connectivity index (χ4n) is 8.74. The number of carbonyl (C=O) groups excluding carboxylic acids is 3. The van der Waals surface area contributed by atoms with Gasteiger partial charge in [0, 0.05) is 19.3 Å². The van der Waals surface area contributed by atoms with Gasteiger partial charge in [0.1, 0.15) is 13.2 Å². The van der Waals surface area contributed by atoms with Crippen LogP contribution in [0.4, 0.5) is 0 Å². The first-order valence-electron chi connectivity index (χ1n) is 31.1. The molecule has 0 aliphatic carbocycles. The zero-order valence-corrected chi connectivity index (χ0v) is 48.1. The van der Waals surface area contributed by atoms with Gasteiger partial charge in [-0.3, -0.25) is 14.4 Å². The lowest BCUT2D eigenvalue weighted by Gasteiger charge is -2.18. The number of hydrogen-bond donors (Lipinski definition) is 0. The van der Waals surface area contributed by atoms with Crippen molar-refractivity contribution in [3.63, 3.8) is 0 Å². The van der Waals surface area contributed by atoms with Gasteiger partial charge in [-0.2, -0.15) is 0 Å². The number of allylic oxidation sites excluding steroid dienone is 14. The number of esters is 3. The Morgan fingerprint density at radius 1 is 0.288 bits per heavy atom. The molecule has 0 fully saturated rings. The lowest BCUT2D eigenvalue weighted by molar-refractivity contribution is -0.167. The van der Waals surface area contributed by atoms with Crippen molar-refractivity contribution in [2.45, 2.75) is 309 Å². The summed E-state index contributed by atoms with van der Waals surface area (Å²) < 4.78 is 16.9. The Hall–Kier alpha value is -3.41. The Bertz CT molecular complexity index is 1400. The monoisotopic (exact) mass is 1020 g/mol. The van der Waals surface area contributed by atoms with Gasteiger partial charge in [-0.05, 0) is 96.3 Å². The molecule has 0 radical (unpaired) electrons. The highest BCUT2D eigenvalue weighted by atomic mass is 16.6. The Balaban J connectivity index is 4.40. The smallest absolute Gasteiger partial charge is 0.306 e. The maximum absolute atomic E-state index is 12.9. The molecule has 1 unspecified atom stereocenters. The Morgan fingerprint density at radius 2 is 0.534 bits per heavy atom. The van der Waals surface area contributed by atoms with Gasteiger partial charge in [0.05, 0.1) is 0 Å². The molecule has 6 heteroatoms. The van der Waals surface area contributed by atoms with Crippen LogP contribution in [0.1, 0.15) is 303 Å². The first-order valence-corrected chi connectivity index (χ1v) is 31.1. The van der Waals surface area contributed by atoms with Crippen LogP contribution in [0.25, 0.3) is 0 Å². The first-order chi connectivity index (χ1) is 36.0. The highest BCUT2D eigenvalue weighted by molar-refractivity contribution is 5.71. The molecule has 0 saturated heterocycles. The van der Waals surface area contributed by atoms with E-state index in [4.69, 9.17) is 14.2 Å². The lowest BCUT2D eigenvalue weighted by atomic mass is 10.0. The fourth-order valence-corrected chi connectivity index (χ4v) is 8.74. The third-order valence-corrected chi connectivity index (χ3v) is 13.4. The molecule has 0 aromatic carbocycles. The molecule has 0 N–H and O–H groups in total. The second kappa shape index (κ2) is 61.1. The number of hydrogen-bond acceptors (Lipinski definition) is 6. The predicted octanol–water partition coefficient (Wildman–Crippen LogP) is 21.1. The molecule has 1 atom stereocenters. The van der Waals surface area contributed by atoms with Gasteiger partial charge in [-0.1, -0.05) is 273 Å². The minimum atomic E-state index is -0.797. The summed E-state index contributed by atoms with van der Waals surface area (Å²) in [6, 6.07) is 0. The minimum absolute atomic E-state index is 0.0926. The average Bonchev–Trinajstić information content (AvgIpc) is 3.39. The maximum Gasteiger partial charge on any atom is 0.306 e. The quantitative estimate of drug-likeness (QED) is 0.0261. The van der Waals surface area contributed by atoms with Crippen molar-refractivity contribution in [1.82, 2.24) is 0 Å². The zero-order valence-electron chi connectivity index (χ0n) is 48.1. The van der Waals surface area contributed by atoms with Crippen LogP contribution in [0.15, 0.2) is 85.1 Å². The van der Waals surface area contributed by atoms with Crippen LogP contribution in [0.5, 0.6) is 0 Å². The zero-order chi connectivity index (χ0) is 52.9. The molecule has 0 aromatic heterocycles. The summed E-state index contributed by atoms with van der Waals surface area (Å²) in [5, 5.41) is 0. The van der Waals surface area contributed by atoms with Crippen LogP contribution in [0, 0.1) is 0 Å². The molecule has 0 aliphatic heterocycles. The van der Waals surface area contributed by atoms with Gasteiger partial charge in [-0.25, -0.2) is 0 Å². The Kier molecular flexibility index (Phi) is 58.3. The Labute approximate surface area is 452 Å². The maximum atomic E-state index is 12.9. The van der Waals surface area contributed by atoms with Crippen LogP contribution in [-0.4, -0.2) is 37.2 Å². The topological polar surface area (TPSA) is 78.9 Å². The summed E-state index contributed by atoms with van der Waals surface area (Å²) in [6.07, 6.45) is 80.2. The standard InChI is InChI=1S/C67H116O6/c1-4-7-10-13-16-19-22-25-27-29-31-33-35-37-39-42-45-48-51-54-57-60-66(69)72-63-64(62-71-65(68)59-56-53-50-47-44-41-24-21-18-15-12-9-6-3)73-67(70)61-58-55-52-49-46-43-40-38-36-34-32-30-28-26-23-20-17-14-11-8-5-2/h7,10,16,19,21,24-25,27,31,33,37,39,45,48,64H,4-6,8-9,11-15,17-18,20,22-23,26,28-30,32,34-36,38,40-44,46-47,49-63H2,1-3H3/b10-7-,19-16-,24-21-,27-25-,33-31-,39-37-,48-45-. The van der Waals surface area contributed by atoms with Gasteiger partial charge < -0.3 is 14.2 Å². The molecule has 0 heterocycles. The van der Waals surface area contributed by atoms with Crippen molar-refractivity contribution in [1.29, 1.82) is 0 Å². The number of unbranched alkanes of at least 4 members (excludes halogenated alkanes) is 31. The molecule has 420 valence electrons. The normalized spacial score (nSPS) is 12.6. The molecule has 6 nitrogen and oxygen atoms in total. The molecule has 0 bridgehead atoms. The van der Waals surface area contributed by atoms with Gasteiger partial charge in [-0.15, -0.1) is 0 Å². The van der Waals surface area contributed by atoms with E-state index in [9.17, 15) is 14.4 Å². The highest BCUT2D eigenvalue weighted by Gasteiger charge is 2.19. The number of rotatable bonds is 56. The van der Waals surface area contributed by atoms with Gasteiger partial charge >= 0.3 is 17.9 Å². The van der Waals surface area contributed by atoms with E-state index in [2.05, 4.69) is 106 Å².